The van der Waals surface area contributed by atoms with Crippen LogP contribution in [0.5, 0.6) is 5.75 Å². The lowest BCUT2D eigenvalue weighted by molar-refractivity contribution is -0.115. The highest BCUT2D eigenvalue weighted by Gasteiger charge is 2.24. The van der Waals surface area contributed by atoms with Gasteiger partial charge in [0.25, 0.3) is 5.91 Å². The number of nitrogens with one attached hydrogen (secondary N) is 1. The van der Waals surface area contributed by atoms with Crippen LogP contribution >= 0.6 is 11.8 Å². The van der Waals surface area contributed by atoms with Crippen molar-refractivity contribution < 1.29 is 13.9 Å². The van der Waals surface area contributed by atoms with E-state index in [1.165, 1.54) is 17.8 Å². The molecule has 1 fully saturated rings. The number of hydrogen-bond acceptors (Lipinski definition) is 4. The summed E-state index contributed by atoms with van der Waals surface area (Å²) in [6.07, 6.45) is 1.74. The number of amidine groups is 1. The maximum Gasteiger partial charge on any atom is 0.264 e. The van der Waals surface area contributed by atoms with Gasteiger partial charge >= 0.3 is 0 Å². The second-order valence-corrected chi connectivity index (χ2v) is 5.74. The zero-order valence-electron chi connectivity index (χ0n) is 12.2. The van der Waals surface area contributed by atoms with Crippen LogP contribution in [-0.2, 0) is 4.79 Å². The van der Waals surface area contributed by atoms with Gasteiger partial charge in [-0.05, 0) is 47.7 Å². The number of benzene rings is 2. The number of rotatable bonds is 3. The molecule has 2 aromatic rings. The normalized spacial score (nSPS) is 17.6. The van der Waals surface area contributed by atoms with E-state index < -0.39 is 5.82 Å². The topological polar surface area (TPSA) is 50.7 Å². The molecule has 0 atom stereocenters. The summed E-state index contributed by atoms with van der Waals surface area (Å²) in [7, 11) is 1.59. The van der Waals surface area contributed by atoms with E-state index in [-0.39, 0.29) is 11.6 Å². The third kappa shape index (κ3) is 3.60. The average Bonchev–Trinajstić information content (AvgIpc) is 2.89. The Morgan fingerprint density at radius 1 is 1.22 bits per heavy atom. The number of amides is 1. The standard InChI is InChI=1S/C17H13FN2O2S/c1-22-12-6-4-5-11(9-12)10-15-16(21)20-17(23-15)19-14-8-3-2-7-13(14)18/h2-10H,1H3,(H,19,20,21)/b15-10-. The fourth-order valence-corrected chi connectivity index (χ4v) is 2.85. The predicted octanol–water partition coefficient (Wildman–Crippen LogP) is 3.73. The van der Waals surface area contributed by atoms with Crippen molar-refractivity contribution in [3.63, 3.8) is 0 Å². The maximum absolute atomic E-state index is 13.6. The molecule has 1 amide bonds. The van der Waals surface area contributed by atoms with Crippen molar-refractivity contribution in [1.29, 1.82) is 0 Å². The number of hydrogen-bond donors (Lipinski definition) is 1. The van der Waals surface area contributed by atoms with Gasteiger partial charge in [-0.2, -0.15) is 0 Å². The van der Waals surface area contributed by atoms with Gasteiger partial charge in [-0.25, -0.2) is 9.38 Å². The summed E-state index contributed by atoms with van der Waals surface area (Å²) >= 11 is 1.17. The summed E-state index contributed by atoms with van der Waals surface area (Å²) < 4.78 is 18.8. The predicted molar refractivity (Wildman–Crippen MR) is 90.2 cm³/mol. The van der Waals surface area contributed by atoms with Crippen molar-refractivity contribution in [2.45, 2.75) is 0 Å². The number of ether oxygens (including phenoxy) is 1. The van der Waals surface area contributed by atoms with Crippen LogP contribution in [0, 0.1) is 5.82 Å². The van der Waals surface area contributed by atoms with Crippen LogP contribution in [0.4, 0.5) is 10.1 Å². The van der Waals surface area contributed by atoms with Crippen molar-refractivity contribution >= 4 is 34.6 Å². The van der Waals surface area contributed by atoms with Gasteiger partial charge in [-0.15, -0.1) is 0 Å². The fraction of sp³-hybridized carbons (Fsp3) is 0.0588. The third-order valence-corrected chi connectivity index (χ3v) is 4.03. The minimum Gasteiger partial charge on any atom is -0.497 e. The van der Waals surface area contributed by atoms with Crippen LogP contribution in [0.3, 0.4) is 0 Å². The smallest absolute Gasteiger partial charge is 0.264 e. The Balaban J connectivity index is 1.85. The number of methoxy groups -OCH3 is 1. The first-order valence-corrected chi connectivity index (χ1v) is 7.65. The van der Waals surface area contributed by atoms with Gasteiger partial charge in [0, 0.05) is 0 Å². The summed E-state index contributed by atoms with van der Waals surface area (Å²) in [6.45, 7) is 0. The second kappa shape index (κ2) is 6.66. The summed E-state index contributed by atoms with van der Waals surface area (Å²) in [5.74, 6) is 0.0241. The third-order valence-electron chi connectivity index (χ3n) is 3.12. The van der Waals surface area contributed by atoms with E-state index >= 15 is 0 Å². The van der Waals surface area contributed by atoms with Crippen molar-refractivity contribution in [2.75, 3.05) is 7.11 Å². The van der Waals surface area contributed by atoms with E-state index in [1.807, 2.05) is 24.3 Å². The van der Waals surface area contributed by atoms with E-state index in [2.05, 4.69) is 10.3 Å². The number of carbonyl (C=O) groups excluding carboxylic acids is 1. The summed E-state index contributed by atoms with van der Waals surface area (Å²) in [5, 5.41) is 2.99. The summed E-state index contributed by atoms with van der Waals surface area (Å²) in [5.41, 5.74) is 1.03. The van der Waals surface area contributed by atoms with Gasteiger partial charge < -0.3 is 10.1 Å². The monoisotopic (exact) mass is 328 g/mol. The van der Waals surface area contributed by atoms with Crippen LogP contribution in [0.1, 0.15) is 5.56 Å². The molecule has 0 spiro atoms. The van der Waals surface area contributed by atoms with Crippen LogP contribution < -0.4 is 10.1 Å². The Labute approximate surface area is 137 Å². The zero-order chi connectivity index (χ0) is 16.2. The number of para-hydroxylation sites is 1. The Bertz CT molecular complexity index is 818. The van der Waals surface area contributed by atoms with Crippen molar-refractivity contribution in [2.24, 2.45) is 4.99 Å². The van der Waals surface area contributed by atoms with Crippen LogP contribution in [0.15, 0.2) is 58.4 Å². The molecule has 1 aliphatic rings. The molecule has 0 radical (unpaired) electrons. The number of halogens is 1. The Morgan fingerprint density at radius 3 is 2.83 bits per heavy atom. The molecule has 0 aromatic heterocycles. The van der Waals surface area contributed by atoms with E-state index in [4.69, 9.17) is 4.74 Å². The maximum atomic E-state index is 13.6. The number of thioether (sulfide) groups is 1. The molecule has 0 saturated carbocycles. The molecule has 23 heavy (non-hydrogen) atoms. The molecule has 4 nitrogen and oxygen atoms in total. The Hall–Kier alpha value is -2.60. The molecule has 6 heteroatoms. The van der Waals surface area contributed by atoms with Crippen LogP contribution in [0.2, 0.25) is 0 Å². The van der Waals surface area contributed by atoms with E-state index in [0.29, 0.717) is 15.8 Å². The molecule has 0 aliphatic carbocycles. The SMILES string of the molecule is COc1cccc(/C=C2\SC(=Nc3ccccc3F)NC2=O)c1. The van der Waals surface area contributed by atoms with Gasteiger partial charge in [0.15, 0.2) is 5.17 Å². The zero-order valence-corrected chi connectivity index (χ0v) is 13.1. The molecule has 0 bridgehead atoms. The van der Waals surface area contributed by atoms with Gasteiger partial charge in [0.1, 0.15) is 17.3 Å². The molecule has 0 unspecified atom stereocenters. The average molecular weight is 328 g/mol. The van der Waals surface area contributed by atoms with E-state index in [1.54, 1.807) is 31.4 Å². The summed E-state index contributed by atoms with van der Waals surface area (Å²) in [6, 6.07) is 13.5. The van der Waals surface area contributed by atoms with Crippen molar-refractivity contribution in [3.05, 3.63) is 64.8 Å². The highest BCUT2D eigenvalue weighted by atomic mass is 32.2. The Morgan fingerprint density at radius 2 is 2.04 bits per heavy atom. The van der Waals surface area contributed by atoms with Gasteiger partial charge in [-0.3, -0.25) is 4.79 Å². The lowest BCUT2D eigenvalue weighted by Gasteiger charge is -2.00. The lowest BCUT2D eigenvalue weighted by atomic mass is 10.2. The first-order chi connectivity index (χ1) is 11.2. The van der Waals surface area contributed by atoms with Gasteiger partial charge in [0.2, 0.25) is 0 Å². The second-order valence-electron chi connectivity index (χ2n) is 4.71. The molecule has 1 N–H and O–H groups in total. The first-order valence-electron chi connectivity index (χ1n) is 6.84. The number of carbonyl (C=O) groups is 1. The van der Waals surface area contributed by atoms with Crippen LogP contribution in [-0.4, -0.2) is 18.2 Å². The molecule has 3 rings (SSSR count). The minimum absolute atomic E-state index is 0.193. The number of nitrogens with zero attached hydrogens (tertiary/aromatic N) is 1. The van der Waals surface area contributed by atoms with Crippen LogP contribution in [0.25, 0.3) is 6.08 Å². The molecule has 1 aliphatic heterocycles. The molecular formula is C17H13FN2O2S. The highest BCUT2D eigenvalue weighted by molar-refractivity contribution is 8.18. The number of aliphatic imine (C=N–C) groups is 1. The van der Waals surface area contributed by atoms with Crippen molar-refractivity contribution in [1.82, 2.24) is 5.32 Å². The molecule has 116 valence electrons. The molecule has 1 saturated heterocycles. The molecule has 1 heterocycles. The lowest BCUT2D eigenvalue weighted by Crippen LogP contribution is -2.19. The molecule has 2 aromatic carbocycles. The summed E-state index contributed by atoms with van der Waals surface area (Å²) in [4.78, 5) is 16.6. The first kappa shape index (κ1) is 15.3. The van der Waals surface area contributed by atoms with Gasteiger partial charge in [0.05, 0.1) is 12.0 Å². The molecular weight excluding hydrogens is 315 g/mol. The highest BCUT2D eigenvalue weighted by Crippen LogP contribution is 2.29. The largest absolute Gasteiger partial charge is 0.497 e. The quantitative estimate of drug-likeness (QED) is 0.874. The minimum atomic E-state index is -0.430. The Kier molecular flexibility index (Phi) is 4.43. The van der Waals surface area contributed by atoms with E-state index in [0.717, 1.165) is 5.56 Å². The van der Waals surface area contributed by atoms with Crippen molar-refractivity contribution in [3.8, 4) is 5.75 Å². The van der Waals surface area contributed by atoms with E-state index in [9.17, 15) is 9.18 Å². The fourth-order valence-electron chi connectivity index (χ4n) is 2.01. The van der Waals surface area contributed by atoms with Gasteiger partial charge in [-0.1, -0.05) is 24.3 Å².